The van der Waals surface area contributed by atoms with Crippen molar-refractivity contribution >= 4 is 28.9 Å². The highest BCUT2D eigenvalue weighted by molar-refractivity contribution is 6.03. The molecule has 146 heavy (non-hydrogen) atoms. The van der Waals surface area contributed by atoms with E-state index in [4.69, 9.17) is 62.9 Å². The van der Waals surface area contributed by atoms with Crippen molar-refractivity contribution in [2.75, 3.05) is 6.61 Å². The zero-order valence-electron chi connectivity index (χ0n) is 85.5. The molecule has 736 valence electrons. The first-order valence-electron chi connectivity index (χ1n) is 50.6. The monoisotopic (exact) mass is 1940 g/mol. The first-order chi connectivity index (χ1) is 70.1. The molecule has 0 aliphatic heterocycles. The SMILES string of the molecule is [C-]#[N+]C1=C[C@]2(C)c3nc(-c4ccccc4)n(-c4nnn(C)n4)c3CC[C@H]2[C@H](C)C1=O.[C-]#[N+]C1=C[C@]2(C)c3nc(-c4cnn(C)c4)n(-c4ccccc4)c3CC[C@H]2[C@H](C)C1=O.[C-]#[N+]C1=C[C@]2(C)c3nc(C)n(-c4cccc(-c5ccccc5)c4)c3CC[C@H]2[C@H](C)C1=O.[C-]#[N+]C1=C[C@]2(C)c3nc(C)n(-c4cccc(CCCO)c4)c3CC[C@H]2[C@H](C)C1=O.[C-]#[N+]C1=C[C@]2(C)c3nc(C)n(-c4ccccc4C)c3CC[C@H]2[C@H](C)C1=O. The highest BCUT2D eigenvalue weighted by Crippen LogP contribution is 2.57. The number of nitrogens with zero attached hydrogens (tertiary/aromatic N) is 21. The van der Waals surface area contributed by atoms with E-state index in [9.17, 15) is 24.0 Å². The number of hydrogen-bond acceptors (Lipinski definition) is 15. The molecule has 0 fully saturated rings. The molecule has 27 heteroatoms. The molecule has 0 radical (unpaired) electrons. The lowest BCUT2D eigenvalue weighted by Gasteiger charge is -2.44. The van der Waals surface area contributed by atoms with Crippen LogP contribution in [0.4, 0.5) is 0 Å². The topological polar surface area (TPSA) is 278 Å². The second-order valence-corrected chi connectivity index (χ2v) is 42.0. The Bertz CT molecular complexity index is 7820. The second-order valence-electron chi connectivity index (χ2n) is 42.0. The Morgan fingerprint density at radius 3 is 1.11 bits per heavy atom. The summed E-state index contributed by atoms with van der Waals surface area (Å²) in [6.45, 7) is 66.3. The Labute approximate surface area is 851 Å². The van der Waals surface area contributed by atoms with Crippen LogP contribution in [-0.2, 0) is 104 Å². The van der Waals surface area contributed by atoms with Crippen molar-refractivity contribution in [3.63, 3.8) is 0 Å². The molecule has 7 aromatic heterocycles. The minimum Gasteiger partial charge on any atom is -0.396 e. The molecule has 1 N–H and O–H groups in total. The number of rotatable bonds is 11. The number of hydrogen-bond donors (Lipinski definition) is 1. The lowest BCUT2D eigenvalue weighted by Crippen LogP contribution is -2.45. The molecule has 0 unspecified atom stereocenters. The van der Waals surface area contributed by atoms with Crippen LogP contribution in [0.2, 0.25) is 0 Å². The molecule has 0 spiro atoms. The van der Waals surface area contributed by atoms with Gasteiger partial charge in [-0.05, 0) is 204 Å². The van der Waals surface area contributed by atoms with E-state index in [2.05, 4.69) is 208 Å². The number of tetrazole rings is 1. The summed E-state index contributed by atoms with van der Waals surface area (Å²) in [6.07, 6.45) is 23.5. The fraction of sp³-hybridized carbons (Fsp3) is 0.370. The maximum absolute atomic E-state index is 12.7. The number of allylic oxidation sites excluding steroid dienone is 10. The van der Waals surface area contributed by atoms with Crippen molar-refractivity contribution in [2.45, 2.75) is 201 Å². The van der Waals surface area contributed by atoms with Crippen molar-refractivity contribution in [2.24, 2.45) is 73.3 Å². The first-order valence-corrected chi connectivity index (χ1v) is 50.6. The van der Waals surface area contributed by atoms with E-state index in [0.717, 1.165) is 180 Å². The third-order valence-corrected chi connectivity index (χ3v) is 33.4. The van der Waals surface area contributed by atoms with Gasteiger partial charge in [0.15, 0.2) is 28.9 Å². The van der Waals surface area contributed by atoms with Gasteiger partial charge in [0.05, 0.1) is 85.8 Å². The van der Waals surface area contributed by atoms with Crippen LogP contribution in [0.1, 0.15) is 193 Å². The lowest BCUT2D eigenvalue weighted by atomic mass is 9.59. The molecule has 27 nitrogen and oxygen atoms in total. The van der Waals surface area contributed by atoms with Gasteiger partial charge >= 0.3 is 0 Å². The number of para-hydroxylation sites is 2. The second kappa shape index (κ2) is 38.7. The van der Waals surface area contributed by atoms with Crippen LogP contribution in [0.25, 0.3) is 86.8 Å². The summed E-state index contributed by atoms with van der Waals surface area (Å²) in [5.74, 6) is 4.71. The van der Waals surface area contributed by atoms with Crippen molar-refractivity contribution in [1.82, 2.24) is 77.7 Å². The van der Waals surface area contributed by atoms with Crippen molar-refractivity contribution in [3.8, 4) is 62.6 Å². The molecule has 6 aromatic carbocycles. The molecule has 15 atom stereocenters. The minimum absolute atomic E-state index is 0.0130. The van der Waals surface area contributed by atoms with Crippen LogP contribution in [0.15, 0.2) is 235 Å². The maximum atomic E-state index is 12.7. The molecule has 0 bridgehead atoms. The summed E-state index contributed by atoms with van der Waals surface area (Å²) in [5, 5.41) is 26.2. The zero-order chi connectivity index (χ0) is 103. The van der Waals surface area contributed by atoms with E-state index in [1.165, 1.54) is 44.1 Å². The summed E-state index contributed by atoms with van der Waals surface area (Å²) in [4.78, 5) is 107. The van der Waals surface area contributed by atoms with Crippen molar-refractivity contribution < 1.29 is 29.1 Å². The number of imidazole rings is 5. The number of ketones is 5. The van der Waals surface area contributed by atoms with Gasteiger partial charge in [-0.2, -0.15) is 9.90 Å². The van der Waals surface area contributed by atoms with Gasteiger partial charge in [0.25, 0.3) is 5.95 Å². The first kappa shape index (κ1) is 98.9. The van der Waals surface area contributed by atoms with Gasteiger partial charge in [0.1, 0.15) is 29.1 Å². The number of fused-ring (bicyclic) bond motifs is 15. The van der Waals surface area contributed by atoms with E-state index in [1.54, 1.807) is 11.7 Å². The third-order valence-electron chi connectivity index (χ3n) is 33.4. The Kier molecular flexibility index (Phi) is 26.2. The standard InChI is InChI=1S/C27H25N3O.C24H23N5O.C24H27N3O2.C22H21N7O.C22H23N3O/c1-17-22-13-14-24-26(27(22,3)16-23(28-4)25(17)31)29-18(2)30(24)21-12-8-11-20(15-21)19-9-6-5-7-10-19;1-15-18-10-11-20-22(24(18,2)12-19(25-3)21(15)30)27-23(16-13-26-28(4)14-16)29(20)17-8-6-5-7-9-17;1-15-19-10-11-21-23(24(19,3)14-20(25-4)22(15)29)26-16(2)27(21)18-9-5-7-17(13-18)8-6-12-28;1-13-15-10-11-17-19(22(15,2)12-16(23-3)18(13)30)24-20(14-8-6-5-7-9-14)29(17)21-25-27-28(4)26-21;1-13-8-6-7-9-18(13)25-15(3)24-21-19(25)11-10-16-14(2)20(26)17(23-5)12-22(16,21)4/h5-12,15-17,22H,13-14H2,1-3H3;5-9,12-15,18H,10-11H2,1-2,4H3;5,7,9,13-15,19,28H,6,8,10-12H2,1-3H3;5-9,12-13,15H,10-11H2,1-2,4H3;6-9,12,14,16H,10-11H2,1-4H3/t17-,22-,27-;15-,18-,24-;15-,19-,24-;13-,15-,22-;14-,16-,22-/m00000/s1. The molecule has 13 aromatic rings. The van der Waals surface area contributed by atoms with Gasteiger partial charge in [-0.1, -0.05) is 226 Å². The van der Waals surface area contributed by atoms with Crippen molar-refractivity contribution in [3.05, 3.63) is 378 Å². The molecule has 0 saturated heterocycles. The number of carbonyl (C=O) groups excluding carboxylic acids is 5. The Morgan fingerprint density at radius 1 is 0.377 bits per heavy atom. The lowest BCUT2D eigenvalue weighted by molar-refractivity contribution is -0.122. The van der Waals surface area contributed by atoms with Gasteiger partial charge in [-0.3, -0.25) is 13.8 Å². The molecule has 0 amide bonds. The highest BCUT2D eigenvalue weighted by atomic mass is 16.3. The number of benzene rings is 6. The summed E-state index contributed by atoms with van der Waals surface area (Å²) in [6, 6.07) is 55.9. The molecule has 23 rings (SSSR count). The predicted octanol–water partition coefficient (Wildman–Crippen LogP) is 21.0. The van der Waals surface area contributed by atoms with Gasteiger partial charge in [-0.25, -0.2) is 49.1 Å². The quantitative estimate of drug-likeness (QED) is 0.118. The third kappa shape index (κ3) is 16.6. The smallest absolute Gasteiger partial charge is 0.276 e. The summed E-state index contributed by atoms with van der Waals surface area (Å²) >= 11 is 0. The average Bonchev–Trinajstić information content (AvgIpc) is 1.42. The van der Waals surface area contributed by atoms with Crippen LogP contribution in [0.3, 0.4) is 0 Å². The number of aliphatic hydroxyl groups excluding tert-OH is 1. The summed E-state index contributed by atoms with van der Waals surface area (Å²) in [5.41, 5.74) is 20.9. The van der Waals surface area contributed by atoms with E-state index < -0.39 is 21.7 Å². The fourth-order valence-corrected chi connectivity index (χ4v) is 26.2. The zero-order valence-corrected chi connectivity index (χ0v) is 85.5. The number of aryl methyl sites for hydroxylation is 7. The number of aromatic nitrogens is 16. The van der Waals surface area contributed by atoms with Crippen LogP contribution < -0.4 is 0 Å². The number of aliphatic hydroxyl groups is 1. The Balaban J connectivity index is 0.000000115. The van der Waals surface area contributed by atoms with E-state index in [-0.39, 0.29) is 129 Å². The summed E-state index contributed by atoms with van der Waals surface area (Å²) in [7, 11) is 3.63. The maximum Gasteiger partial charge on any atom is 0.276 e. The van der Waals surface area contributed by atoms with Crippen LogP contribution in [-0.4, -0.2) is 118 Å². The molecule has 0 saturated carbocycles. The highest BCUT2D eigenvalue weighted by Gasteiger charge is 2.57. The van der Waals surface area contributed by atoms with Crippen molar-refractivity contribution in [1.29, 1.82) is 0 Å². The molecule has 7 heterocycles. The van der Waals surface area contributed by atoms with Gasteiger partial charge in [0.2, 0.25) is 28.5 Å². The van der Waals surface area contributed by atoms with Crippen LogP contribution in [0, 0.1) is 120 Å². The normalized spacial score (nSPS) is 25.6. The molecular weight excluding hydrogens is 1820 g/mol. The van der Waals surface area contributed by atoms with E-state index >= 15 is 0 Å². The predicted molar refractivity (Wildman–Crippen MR) is 558 cm³/mol. The molecule has 10 aliphatic rings. The van der Waals surface area contributed by atoms with Crippen LogP contribution >= 0.6 is 0 Å². The molecule has 10 aliphatic carbocycles. The average molecular weight is 1940 g/mol. The Hall–Kier alpha value is -15.9. The van der Waals surface area contributed by atoms with Gasteiger partial charge < -0.3 is 42.8 Å². The molecular formula is C119H119N21O6. The largest absolute Gasteiger partial charge is 0.396 e. The fourth-order valence-electron chi connectivity index (χ4n) is 26.2. The number of Topliss-reactive ketones (excluding diaryl/α,β-unsaturated/α-hetero) is 5. The van der Waals surface area contributed by atoms with Gasteiger partial charge in [-0.15, -0.1) is 5.10 Å². The Morgan fingerprint density at radius 2 is 0.719 bits per heavy atom. The van der Waals surface area contributed by atoms with Crippen LogP contribution in [0.5, 0.6) is 0 Å². The summed E-state index contributed by atoms with van der Waals surface area (Å²) < 4.78 is 12.7. The van der Waals surface area contributed by atoms with Gasteiger partial charge in [0, 0.05) is 128 Å². The minimum atomic E-state index is -0.502. The van der Waals surface area contributed by atoms with E-state index in [1.807, 2.05) is 170 Å². The number of carbonyl (C=O) groups is 5. The van der Waals surface area contributed by atoms with E-state index in [0.29, 0.717) is 5.95 Å².